The molecule has 3 aliphatic carbocycles. The zero-order chi connectivity index (χ0) is 16.8. The number of hydrogen-bond donors (Lipinski definition) is 0. The summed E-state index contributed by atoms with van der Waals surface area (Å²) in [7, 11) is 2.54. The molecule has 24 heavy (non-hydrogen) atoms. The summed E-state index contributed by atoms with van der Waals surface area (Å²) in [4.78, 5) is 0. The molecule has 140 valence electrons. The van der Waals surface area contributed by atoms with Crippen LogP contribution >= 0.6 is 17.2 Å². The molecule has 2 heteroatoms. The van der Waals surface area contributed by atoms with Gasteiger partial charge in [0.2, 0.25) is 0 Å². The van der Waals surface area contributed by atoms with Gasteiger partial charge >= 0.3 is 0 Å². The maximum atomic E-state index is 2.61. The Balaban J connectivity index is 1.35. The third-order valence-electron chi connectivity index (χ3n) is 7.35. The monoisotopic (exact) mass is 368 g/mol. The Morgan fingerprint density at radius 1 is 0.667 bits per heavy atom. The Kier molecular flexibility index (Phi) is 7.93. The highest BCUT2D eigenvalue weighted by Crippen LogP contribution is 2.51. The highest BCUT2D eigenvalue weighted by Gasteiger charge is 2.34. The first-order chi connectivity index (χ1) is 11.6. The van der Waals surface area contributed by atoms with E-state index in [4.69, 9.17) is 0 Å². The van der Waals surface area contributed by atoms with Crippen molar-refractivity contribution in [2.45, 2.75) is 120 Å². The molecule has 0 radical (unpaired) electrons. The minimum atomic E-state index is 0.641. The molecule has 0 N–H and O–H groups in total. The van der Waals surface area contributed by atoms with E-state index in [0.29, 0.717) is 5.16 Å². The average Bonchev–Trinajstić information content (AvgIpc) is 2.62. The van der Waals surface area contributed by atoms with Crippen LogP contribution in [-0.2, 0) is 0 Å². The van der Waals surface area contributed by atoms with E-state index in [2.05, 4.69) is 13.8 Å². The summed E-state index contributed by atoms with van der Waals surface area (Å²) in [5.41, 5.74) is 2.21. The van der Waals surface area contributed by atoms with Crippen LogP contribution in [0.1, 0.15) is 104 Å². The third-order valence-corrected chi connectivity index (χ3v) is 11.5. The van der Waals surface area contributed by atoms with E-state index in [1.165, 1.54) is 68.5 Å². The first-order valence-electron chi connectivity index (χ1n) is 11.1. The van der Waals surface area contributed by atoms with Crippen molar-refractivity contribution >= 4 is 17.2 Å². The van der Waals surface area contributed by atoms with E-state index >= 15 is 0 Å². The van der Waals surface area contributed by atoms with Crippen molar-refractivity contribution in [2.75, 3.05) is 6.16 Å². The van der Waals surface area contributed by atoms with Crippen LogP contribution in [0.5, 0.6) is 0 Å². The predicted molar refractivity (Wildman–Crippen MR) is 115 cm³/mol. The molecular weight excluding hydrogens is 326 g/mol. The standard InChI is InChI=1S/C22H42P2/c1-22(2,19-9-5-3-6-10-19)24-21-15-13-18(14-16-21)17-23-20-11-7-4-8-12-20/h18-21,23-24H,3-17H2,1-2H3. The summed E-state index contributed by atoms with van der Waals surface area (Å²) in [6, 6.07) is 0. The van der Waals surface area contributed by atoms with Gasteiger partial charge in [-0.3, -0.25) is 0 Å². The topological polar surface area (TPSA) is 0 Å². The van der Waals surface area contributed by atoms with E-state index in [-0.39, 0.29) is 0 Å². The maximum absolute atomic E-state index is 2.61. The summed E-state index contributed by atoms with van der Waals surface area (Å²) >= 11 is 0. The second-order valence-corrected chi connectivity index (χ2v) is 13.7. The lowest BCUT2D eigenvalue weighted by atomic mass is 9.81. The van der Waals surface area contributed by atoms with Gasteiger partial charge in [0, 0.05) is 0 Å². The van der Waals surface area contributed by atoms with Gasteiger partial charge < -0.3 is 0 Å². The quantitative estimate of drug-likeness (QED) is 0.424. The first-order valence-corrected chi connectivity index (χ1v) is 13.5. The molecule has 0 aromatic rings. The molecule has 3 fully saturated rings. The van der Waals surface area contributed by atoms with Gasteiger partial charge in [-0.05, 0) is 85.8 Å². The second kappa shape index (κ2) is 9.70. The van der Waals surface area contributed by atoms with Crippen molar-refractivity contribution in [1.29, 1.82) is 0 Å². The summed E-state index contributed by atoms with van der Waals surface area (Å²) in [6.45, 7) is 5.22. The minimum absolute atomic E-state index is 0.641. The van der Waals surface area contributed by atoms with Crippen LogP contribution in [0.4, 0.5) is 0 Å². The molecule has 3 aliphatic rings. The smallest absolute Gasteiger partial charge is 0.0148 e. The number of hydrogen-bond acceptors (Lipinski definition) is 0. The van der Waals surface area contributed by atoms with Crippen LogP contribution in [0.2, 0.25) is 0 Å². The SMILES string of the molecule is CC(C)(PC1CCC(CPC2CCCCC2)CC1)C1CCCCC1. The Labute approximate surface area is 155 Å². The largest absolute Gasteiger partial charge is 0.119 e. The van der Waals surface area contributed by atoms with Gasteiger partial charge in [0.05, 0.1) is 0 Å². The highest BCUT2D eigenvalue weighted by molar-refractivity contribution is 7.40. The van der Waals surface area contributed by atoms with Crippen LogP contribution in [0.15, 0.2) is 0 Å². The van der Waals surface area contributed by atoms with E-state index in [1.807, 2.05) is 0 Å². The molecule has 3 rings (SSSR count). The van der Waals surface area contributed by atoms with Gasteiger partial charge in [0.25, 0.3) is 0 Å². The maximum Gasteiger partial charge on any atom is -0.0148 e. The molecule has 0 heterocycles. The van der Waals surface area contributed by atoms with Crippen molar-refractivity contribution in [1.82, 2.24) is 0 Å². The van der Waals surface area contributed by atoms with Gasteiger partial charge in [-0.25, -0.2) is 0 Å². The van der Waals surface area contributed by atoms with E-state index < -0.39 is 0 Å². The van der Waals surface area contributed by atoms with Crippen molar-refractivity contribution in [3.05, 3.63) is 0 Å². The Morgan fingerprint density at radius 3 is 1.88 bits per heavy atom. The normalized spacial score (nSPS) is 32.2. The summed E-state index contributed by atoms with van der Waals surface area (Å²) in [5.74, 6) is 2.14. The lowest BCUT2D eigenvalue weighted by molar-refractivity contribution is 0.298. The van der Waals surface area contributed by atoms with Crippen LogP contribution in [0.3, 0.4) is 0 Å². The highest BCUT2D eigenvalue weighted by atomic mass is 31.1. The average molecular weight is 369 g/mol. The Bertz CT molecular complexity index is 345. The molecule has 3 saturated carbocycles. The van der Waals surface area contributed by atoms with Crippen LogP contribution in [0, 0.1) is 11.8 Å². The fraction of sp³-hybridized carbons (Fsp3) is 1.00. The Hall–Kier alpha value is 0.860. The van der Waals surface area contributed by atoms with Gasteiger partial charge in [-0.15, -0.1) is 17.2 Å². The molecule has 0 aromatic heterocycles. The lowest BCUT2D eigenvalue weighted by Gasteiger charge is -2.41. The zero-order valence-corrected chi connectivity index (χ0v) is 18.4. The van der Waals surface area contributed by atoms with Gasteiger partial charge in [0.15, 0.2) is 0 Å². The van der Waals surface area contributed by atoms with E-state index in [0.717, 1.165) is 23.2 Å². The van der Waals surface area contributed by atoms with Crippen molar-refractivity contribution in [3.63, 3.8) is 0 Å². The lowest BCUT2D eigenvalue weighted by Crippen LogP contribution is -2.31. The van der Waals surface area contributed by atoms with Crippen molar-refractivity contribution in [3.8, 4) is 0 Å². The van der Waals surface area contributed by atoms with Crippen LogP contribution in [-0.4, -0.2) is 22.6 Å². The number of rotatable bonds is 6. The molecule has 2 unspecified atom stereocenters. The van der Waals surface area contributed by atoms with Crippen LogP contribution < -0.4 is 0 Å². The third kappa shape index (κ3) is 5.95. The predicted octanol–water partition coefficient (Wildman–Crippen LogP) is 7.59. The molecule has 2 atom stereocenters. The van der Waals surface area contributed by atoms with Gasteiger partial charge in [0.1, 0.15) is 0 Å². The van der Waals surface area contributed by atoms with E-state index in [9.17, 15) is 0 Å². The zero-order valence-electron chi connectivity index (χ0n) is 16.4. The molecule has 0 amide bonds. The molecule has 0 saturated heterocycles. The van der Waals surface area contributed by atoms with Crippen LogP contribution in [0.25, 0.3) is 0 Å². The fourth-order valence-corrected chi connectivity index (χ4v) is 9.71. The first kappa shape index (κ1) is 19.6. The summed E-state index contributed by atoms with van der Waals surface area (Å²) in [5, 5.41) is 0.641. The summed E-state index contributed by atoms with van der Waals surface area (Å²) < 4.78 is 0. The minimum Gasteiger partial charge on any atom is -0.119 e. The van der Waals surface area contributed by atoms with E-state index in [1.54, 1.807) is 44.7 Å². The molecule has 0 bridgehead atoms. The molecular formula is C22H42P2. The molecule has 0 nitrogen and oxygen atoms in total. The molecule has 0 aromatic carbocycles. The second-order valence-electron chi connectivity index (χ2n) is 9.66. The van der Waals surface area contributed by atoms with Crippen molar-refractivity contribution in [2.24, 2.45) is 11.8 Å². The Morgan fingerprint density at radius 2 is 1.25 bits per heavy atom. The fourth-order valence-electron chi connectivity index (χ4n) is 5.62. The molecule has 0 aliphatic heterocycles. The van der Waals surface area contributed by atoms with Crippen molar-refractivity contribution < 1.29 is 0 Å². The van der Waals surface area contributed by atoms with Gasteiger partial charge in [-0.1, -0.05) is 52.4 Å². The van der Waals surface area contributed by atoms with Gasteiger partial charge in [-0.2, -0.15) is 0 Å². The molecule has 0 spiro atoms. The summed E-state index contributed by atoms with van der Waals surface area (Å²) in [6.07, 6.45) is 23.1.